The normalized spacial score (nSPS) is 19.2. The first kappa shape index (κ1) is 16.7. The number of amides is 1. The minimum absolute atomic E-state index is 0.0144. The summed E-state index contributed by atoms with van der Waals surface area (Å²) in [6, 6.07) is 19.7. The Bertz CT molecular complexity index is 1170. The zero-order chi connectivity index (χ0) is 19.3. The number of ether oxygens (including phenoxy) is 1. The molecule has 3 aromatic rings. The highest BCUT2D eigenvalue weighted by molar-refractivity contribution is 6.06. The molecule has 4 nitrogen and oxygen atoms in total. The zero-order valence-electron chi connectivity index (χ0n) is 14.9. The number of fused-ring (bicyclic) bond motifs is 1. The average molecular weight is 373 g/mol. The van der Waals surface area contributed by atoms with Gasteiger partial charge in [0.25, 0.3) is 0 Å². The van der Waals surface area contributed by atoms with Crippen LogP contribution in [0.3, 0.4) is 0 Å². The van der Waals surface area contributed by atoms with Gasteiger partial charge in [0.05, 0.1) is 17.0 Å². The lowest BCUT2D eigenvalue weighted by atomic mass is 9.83. The fourth-order valence-electron chi connectivity index (χ4n) is 4.08. The molecule has 2 aliphatic heterocycles. The Balaban J connectivity index is 1.64. The maximum atomic E-state index is 13.7. The van der Waals surface area contributed by atoms with Crippen molar-refractivity contribution in [2.45, 2.75) is 12.3 Å². The maximum absolute atomic E-state index is 13.7. The molecule has 2 heterocycles. The van der Waals surface area contributed by atoms with Crippen LogP contribution >= 0.6 is 0 Å². The third kappa shape index (κ3) is 2.59. The van der Waals surface area contributed by atoms with Crippen molar-refractivity contribution in [3.63, 3.8) is 0 Å². The van der Waals surface area contributed by atoms with Crippen LogP contribution in [0.2, 0.25) is 0 Å². The third-order valence-corrected chi connectivity index (χ3v) is 5.36. The van der Waals surface area contributed by atoms with Crippen molar-refractivity contribution >= 4 is 28.3 Å². The number of hydrogen-bond donors (Lipinski definition) is 0. The summed E-state index contributed by atoms with van der Waals surface area (Å²) in [6.07, 6.45) is 0.128. The van der Waals surface area contributed by atoms with E-state index in [1.54, 1.807) is 12.1 Å². The summed E-state index contributed by atoms with van der Waals surface area (Å²) in [5.41, 5.74) is 2.30. The van der Waals surface area contributed by atoms with Gasteiger partial charge in [-0.2, -0.15) is 0 Å². The second-order valence-electron chi connectivity index (χ2n) is 7.01. The van der Waals surface area contributed by atoms with Crippen molar-refractivity contribution in [3.8, 4) is 0 Å². The van der Waals surface area contributed by atoms with E-state index >= 15 is 0 Å². The van der Waals surface area contributed by atoms with Gasteiger partial charge in [-0.3, -0.25) is 9.69 Å². The van der Waals surface area contributed by atoms with E-state index in [1.165, 1.54) is 17.0 Å². The molecule has 0 aliphatic carbocycles. The van der Waals surface area contributed by atoms with Gasteiger partial charge in [0.2, 0.25) is 5.91 Å². The molecule has 0 bridgehead atoms. The number of benzene rings is 3. The van der Waals surface area contributed by atoms with Crippen LogP contribution in [0.1, 0.15) is 17.9 Å². The van der Waals surface area contributed by atoms with E-state index in [9.17, 15) is 14.0 Å². The topological polar surface area (TPSA) is 46.6 Å². The number of carbonyl (C=O) groups is 2. The molecule has 0 radical (unpaired) electrons. The first-order chi connectivity index (χ1) is 13.6. The standard InChI is InChI=1S/C23H16FNO3/c24-17-6-3-7-18(11-17)25-20-13-28-23(27)22(20)19(12-21(25)26)16-9-8-14-4-1-2-5-15(14)10-16/h1-11,19H,12-13H2. The highest BCUT2D eigenvalue weighted by Gasteiger charge is 2.43. The smallest absolute Gasteiger partial charge is 0.336 e. The first-order valence-corrected chi connectivity index (χ1v) is 9.09. The van der Waals surface area contributed by atoms with Gasteiger partial charge in [-0.1, -0.05) is 48.5 Å². The quantitative estimate of drug-likeness (QED) is 0.629. The molecule has 0 fully saturated rings. The number of cyclic esters (lactones) is 1. The second-order valence-corrected chi connectivity index (χ2v) is 7.01. The molecule has 2 aliphatic rings. The van der Waals surface area contributed by atoms with Gasteiger partial charge in [-0.05, 0) is 34.5 Å². The number of esters is 1. The monoisotopic (exact) mass is 373 g/mol. The molecule has 3 aromatic carbocycles. The van der Waals surface area contributed by atoms with Crippen LogP contribution in [-0.2, 0) is 14.3 Å². The Morgan fingerprint density at radius 3 is 2.57 bits per heavy atom. The van der Waals surface area contributed by atoms with E-state index in [0.29, 0.717) is 17.0 Å². The van der Waals surface area contributed by atoms with E-state index in [4.69, 9.17) is 4.74 Å². The number of carbonyl (C=O) groups excluding carboxylic acids is 2. The molecule has 5 heteroatoms. The van der Waals surface area contributed by atoms with E-state index < -0.39 is 11.8 Å². The van der Waals surface area contributed by atoms with E-state index in [-0.39, 0.29) is 24.9 Å². The summed E-state index contributed by atoms with van der Waals surface area (Å²) in [4.78, 5) is 26.9. The highest BCUT2D eigenvalue weighted by Crippen LogP contribution is 2.42. The summed E-state index contributed by atoms with van der Waals surface area (Å²) in [5, 5.41) is 2.14. The van der Waals surface area contributed by atoms with Crippen molar-refractivity contribution in [2.75, 3.05) is 11.5 Å². The fraction of sp³-hybridized carbons (Fsp3) is 0.130. The predicted molar refractivity (Wildman–Crippen MR) is 103 cm³/mol. The lowest BCUT2D eigenvalue weighted by molar-refractivity contribution is -0.136. The zero-order valence-corrected chi connectivity index (χ0v) is 14.9. The molecule has 1 atom stereocenters. The Morgan fingerprint density at radius 2 is 1.75 bits per heavy atom. The minimum atomic E-state index is -0.436. The largest absolute Gasteiger partial charge is 0.456 e. The van der Waals surface area contributed by atoms with Crippen LogP contribution in [0, 0.1) is 5.82 Å². The molecule has 1 amide bonds. The van der Waals surface area contributed by atoms with Gasteiger partial charge in [-0.25, -0.2) is 9.18 Å². The first-order valence-electron chi connectivity index (χ1n) is 9.09. The van der Waals surface area contributed by atoms with Gasteiger partial charge in [0.15, 0.2) is 0 Å². The summed E-state index contributed by atoms with van der Waals surface area (Å²) in [6.45, 7) is 0.0144. The van der Waals surface area contributed by atoms with Gasteiger partial charge in [0, 0.05) is 12.3 Å². The van der Waals surface area contributed by atoms with Crippen LogP contribution < -0.4 is 4.90 Å². The van der Waals surface area contributed by atoms with E-state index in [1.807, 2.05) is 42.5 Å². The Labute approximate surface area is 160 Å². The van der Waals surface area contributed by atoms with Crippen LogP contribution in [-0.4, -0.2) is 18.5 Å². The predicted octanol–water partition coefficient (Wildman–Crippen LogP) is 4.31. The summed E-state index contributed by atoms with van der Waals surface area (Å²) < 4.78 is 19.0. The molecule has 1 unspecified atom stereocenters. The van der Waals surface area contributed by atoms with Gasteiger partial charge in [-0.15, -0.1) is 0 Å². The number of hydrogen-bond acceptors (Lipinski definition) is 3. The third-order valence-electron chi connectivity index (χ3n) is 5.36. The van der Waals surface area contributed by atoms with Crippen LogP contribution in [0.4, 0.5) is 10.1 Å². The summed E-state index contributed by atoms with van der Waals surface area (Å²) >= 11 is 0. The minimum Gasteiger partial charge on any atom is -0.456 e. The number of anilines is 1. The van der Waals surface area contributed by atoms with Gasteiger partial charge in [0.1, 0.15) is 12.4 Å². The SMILES string of the molecule is O=C1OCC2=C1C(c1ccc3ccccc3c1)CC(=O)N2c1cccc(F)c1. The summed E-state index contributed by atoms with van der Waals surface area (Å²) in [5.74, 6) is -1.40. The van der Waals surface area contributed by atoms with Crippen molar-refractivity contribution in [3.05, 3.63) is 89.4 Å². The molecule has 0 saturated carbocycles. The average Bonchev–Trinajstić information content (AvgIpc) is 3.08. The van der Waals surface area contributed by atoms with Crippen molar-refractivity contribution in [1.29, 1.82) is 0 Å². The molecular weight excluding hydrogens is 357 g/mol. The number of rotatable bonds is 2. The van der Waals surface area contributed by atoms with Crippen molar-refractivity contribution in [1.82, 2.24) is 0 Å². The molecule has 138 valence electrons. The molecule has 0 N–H and O–H groups in total. The van der Waals surface area contributed by atoms with Crippen molar-refractivity contribution in [2.24, 2.45) is 0 Å². The summed E-state index contributed by atoms with van der Waals surface area (Å²) in [7, 11) is 0. The molecule has 0 saturated heterocycles. The van der Waals surface area contributed by atoms with Crippen LogP contribution in [0.5, 0.6) is 0 Å². The van der Waals surface area contributed by atoms with Crippen LogP contribution in [0.15, 0.2) is 78.0 Å². The van der Waals surface area contributed by atoms with E-state index in [2.05, 4.69) is 0 Å². The molecule has 28 heavy (non-hydrogen) atoms. The molecular formula is C23H16FNO3. The van der Waals surface area contributed by atoms with Crippen LogP contribution in [0.25, 0.3) is 10.8 Å². The highest BCUT2D eigenvalue weighted by atomic mass is 19.1. The lowest BCUT2D eigenvalue weighted by Gasteiger charge is -2.32. The van der Waals surface area contributed by atoms with Gasteiger partial charge < -0.3 is 4.74 Å². The Kier molecular flexibility index (Phi) is 3.76. The molecule has 0 spiro atoms. The molecule has 0 aromatic heterocycles. The number of halogens is 1. The molecule has 5 rings (SSSR count). The Morgan fingerprint density at radius 1 is 0.929 bits per heavy atom. The van der Waals surface area contributed by atoms with Gasteiger partial charge >= 0.3 is 5.97 Å². The lowest BCUT2D eigenvalue weighted by Crippen LogP contribution is -2.37. The fourth-order valence-corrected chi connectivity index (χ4v) is 4.08. The maximum Gasteiger partial charge on any atom is 0.336 e. The number of nitrogens with zero attached hydrogens (tertiary/aromatic N) is 1. The van der Waals surface area contributed by atoms with Crippen molar-refractivity contribution < 1.29 is 18.7 Å². The van der Waals surface area contributed by atoms with E-state index in [0.717, 1.165) is 16.3 Å². The Hall–Kier alpha value is -3.47. The second kappa shape index (κ2) is 6.30.